The van der Waals surface area contributed by atoms with E-state index in [1.54, 1.807) is 12.1 Å². The minimum Gasteiger partial charge on any atom is -0.508 e. The van der Waals surface area contributed by atoms with Crippen LogP contribution in [0.25, 0.3) is 0 Å². The summed E-state index contributed by atoms with van der Waals surface area (Å²) in [4.78, 5) is 0. The molecule has 0 radical (unpaired) electrons. The van der Waals surface area contributed by atoms with Crippen molar-refractivity contribution in [2.24, 2.45) is 0 Å². The van der Waals surface area contributed by atoms with Gasteiger partial charge in [0.1, 0.15) is 5.75 Å². The van der Waals surface area contributed by atoms with Gasteiger partial charge in [-0.1, -0.05) is 34.1 Å². The summed E-state index contributed by atoms with van der Waals surface area (Å²) >= 11 is 3.19. The summed E-state index contributed by atoms with van der Waals surface area (Å²) in [6.45, 7) is 0. The number of halogens is 1. The van der Waals surface area contributed by atoms with Gasteiger partial charge in [-0.2, -0.15) is 0 Å². The molecule has 1 aromatic carbocycles. The zero-order valence-electron chi connectivity index (χ0n) is 7.28. The fourth-order valence-corrected chi connectivity index (χ4v) is 1.45. The molecule has 1 rings (SSSR count). The van der Waals surface area contributed by atoms with Crippen LogP contribution in [0.15, 0.2) is 24.3 Å². The van der Waals surface area contributed by atoms with Gasteiger partial charge in [0, 0.05) is 5.33 Å². The van der Waals surface area contributed by atoms with Gasteiger partial charge in [-0.25, -0.2) is 0 Å². The number of para-hydroxylation sites is 1. The van der Waals surface area contributed by atoms with Crippen molar-refractivity contribution >= 4 is 15.9 Å². The van der Waals surface area contributed by atoms with E-state index >= 15 is 0 Å². The molecule has 3 heteroatoms. The maximum atomic E-state index is 9.40. The Morgan fingerprint density at radius 3 is 2.62 bits per heavy atom. The lowest BCUT2D eigenvalue weighted by Crippen LogP contribution is -2.08. The van der Waals surface area contributed by atoms with Crippen LogP contribution in [0.4, 0.5) is 0 Å². The first-order chi connectivity index (χ1) is 6.24. The van der Waals surface area contributed by atoms with Crippen LogP contribution >= 0.6 is 15.9 Å². The summed E-state index contributed by atoms with van der Waals surface area (Å²) in [7, 11) is 0. The maximum absolute atomic E-state index is 9.40. The first-order valence-electron chi connectivity index (χ1n) is 4.25. The van der Waals surface area contributed by atoms with Crippen LogP contribution in [-0.2, 0) is 6.42 Å². The molecule has 0 aliphatic carbocycles. The number of phenolic OH excluding ortho intramolecular Hbond substituents is 1. The van der Waals surface area contributed by atoms with Crippen molar-refractivity contribution in [3.63, 3.8) is 0 Å². The highest BCUT2D eigenvalue weighted by molar-refractivity contribution is 9.09. The molecule has 0 aromatic heterocycles. The second kappa shape index (κ2) is 5.25. The van der Waals surface area contributed by atoms with E-state index in [4.69, 9.17) is 0 Å². The average Bonchev–Trinajstić information content (AvgIpc) is 2.16. The normalized spacial score (nSPS) is 12.8. The van der Waals surface area contributed by atoms with Crippen LogP contribution in [0, 0.1) is 0 Å². The third-order valence-electron chi connectivity index (χ3n) is 1.92. The molecular weight excluding hydrogens is 232 g/mol. The molecule has 13 heavy (non-hydrogen) atoms. The van der Waals surface area contributed by atoms with Crippen LogP contribution in [0.2, 0.25) is 0 Å². The van der Waals surface area contributed by atoms with Gasteiger partial charge in [0.25, 0.3) is 0 Å². The van der Waals surface area contributed by atoms with Crippen molar-refractivity contribution in [2.75, 3.05) is 5.33 Å². The highest BCUT2D eigenvalue weighted by Gasteiger charge is 2.04. The van der Waals surface area contributed by atoms with Crippen LogP contribution in [0.5, 0.6) is 5.75 Å². The highest BCUT2D eigenvalue weighted by atomic mass is 79.9. The van der Waals surface area contributed by atoms with Crippen molar-refractivity contribution in [1.82, 2.24) is 0 Å². The third-order valence-corrected chi connectivity index (χ3v) is 2.66. The van der Waals surface area contributed by atoms with E-state index in [2.05, 4.69) is 15.9 Å². The molecule has 72 valence electrons. The van der Waals surface area contributed by atoms with Gasteiger partial charge >= 0.3 is 0 Å². The molecule has 0 saturated heterocycles. The van der Waals surface area contributed by atoms with E-state index < -0.39 is 0 Å². The molecule has 2 N–H and O–H groups in total. The Balaban J connectivity index is 2.50. The number of hydrogen-bond acceptors (Lipinski definition) is 2. The van der Waals surface area contributed by atoms with Crippen LogP contribution in [0.1, 0.15) is 12.0 Å². The van der Waals surface area contributed by atoms with Crippen molar-refractivity contribution in [2.45, 2.75) is 18.9 Å². The zero-order chi connectivity index (χ0) is 9.68. The molecule has 1 aromatic rings. The lowest BCUT2D eigenvalue weighted by Gasteiger charge is -2.07. The molecule has 0 aliphatic heterocycles. The Hall–Kier alpha value is -0.540. The van der Waals surface area contributed by atoms with Gasteiger partial charge in [0.15, 0.2) is 0 Å². The molecule has 0 spiro atoms. The summed E-state index contributed by atoms with van der Waals surface area (Å²) in [5, 5.41) is 19.3. The fraction of sp³-hybridized carbons (Fsp3) is 0.400. The summed E-state index contributed by atoms with van der Waals surface area (Å²) in [5.74, 6) is 0.310. The summed E-state index contributed by atoms with van der Waals surface area (Å²) in [6, 6.07) is 7.21. The number of benzene rings is 1. The maximum Gasteiger partial charge on any atom is 0.118 e. The topological polar surface area (TPSA) is 40.5 Å². The number of aliphatic hydroxyl groups excluding tert-OH is 1. The van der Waals surface area contributed by atoms with Gasteiger partial charge < -0.3 is 10.2 Å². The Morgan fingerprint density at radius 2 is 2.00 bits per heavy atom. The Morgan fingerprint density at radius 1 is 1.31 bits per heavy atom. The molecule has 0 heterocycles. The predicted octanol–water partition coefficient (Wildman–Crippen LogP) is 2.08. The monoisotopic (exact) mass is 244 g/mol. The molecule has 0 saturated carbocycles. The molecular formula is C10H13BrO2. The van der Waals surface area contributed by atoms with E-state index in [1.165, 1.54) is 0 Å². The molecule has 0 amide bonds. The number of phenols is 1. The van der Waals surface area contributed by atoms with E-state index in [-0.39, 0.29) is 6.10 Å². The Kier molecular flexibility index (Phi) is 4.25. The Labute approximate surface area is 86.3 Å². The fourth-order valence-electron chi connectivity index (χ4n) is 1.12. The van der Waals surface area contributed by atoms with E-state index in [0.717, 1.165) is 5.56 Å². The molecule has 2 nitrogen and oxygen atoms in total. The number of rotatable bonds is 4. The van der Waals surface area contributed by atoms with Crippen molar-refractivity contribution in [3.05, 3.63) is 29.8 Å². The minimum atomic E-state index is -0.334. The largest absolute Gasteiger partial charge is 0.508 e. The van der Waals surface area contributed by atoms with Crippen LogP contribution in [0.3, 0.4) is 0 Å². The van der Waals surface area contributed by atoms with E-state index in [0.29, 0.717) is 23.9 Å². The summed E-state index contributed by atoms with van der Waals surface area (Å²) < 4.78 is 0. The summed E-state index contributed by atoms with van der Waals surface area (Å²) in [6.07, 6.45) is 1.04. The molecule has 0 aliphatic rings. The van der Waals surface area contributed by atoms with Crippen LogP contribution < -0.4 is 0 Å². The minimum absolute atomic E-state index is 0.310. The predicted molar refractivity (Wildman–Crippen MR) is 56.2 cm³/mol. The lowest BCUT2D eigenvalue weighted by molar-refractivity contribution is 0.190. The van der Waals surface area contributed by atoms with Gasteiger partial charge in [0.2, 0.25) is 0 Å². The molecule has 0 fully saturated rings. The highest BCUT2D eigenvalue weighted by Crippen LogP contribution is 2.18. The quantitative estimate of drug-likeness (QED) is 0.797. The van der Waals surface area contributed by atoms with Gasteiger partial charge in [-0.3, -0.25) is 0 Å². The van der Waals surface area contributed by atoms with Gasteiger partial charge in [-0.15, -0.1) is 0 Å². The van der Waals surface area contributed by atoms with E-state index in [1.807, 2.05) is 12.1 Å². The SMILES string of the molecule is Oc1ccccc1CC[C@@H](O)CBr. The standard InChI is InChI=1S/C10H13BrO2/c11-7-9(12)6-5-8-3-1-2-4-10(8)13/h1-4,9,12-13H,5-7H2/t9-/m1/s1. The van der Waals surface area contributed by atoms with E-state index in [9.17, 15) is 10.2 Å². The van der Waals surface area contributed by atoms with Gasteiger partial charge in [-0.05, 0) is 24.5 Å². The van der Waals surface area contributed by atoms with Crippen LogP contribution in [-0.4, -0.2) is 21.6 Å². The third kappa shape index (κ3) is 3.36. The molecule has 0 unspecified atom stereocenters. The molecule has 0 bridgehead atoms. The number of aromatic hydroxyl groups is 1. The first-order valence-corrected chi connectivity index (χ1v) is 5.37. The number of aryl methyl sites for hydroxylation is 1. The number of aliphatic hydroxyl groups is 1. The zero-order valence-corrected chi connectivity index (χ0v) is 8.87. The molecule has 1 atom stereocenters. The van der Waals surface area contributed by atoms with Crippen molar-refractivity contribution < 1.29 is 10.2 Å². The number of hydrogen-bond donors (Lipinski definition) is 2. The first kappa shape index (κ1) is 10.5. The second-order valence-corrected chi connectivity index (χ2v) is 3.62. The summed E-state index contributed by atoms with van der Waals surface area (Å²) in [5.41, 5.74) is 0.891. The smallest absolute Gasteiger partial charge is 0.118 e. The second-order valence-electron chi connectivity index (χ2n) is 2.98. The average molecular weight is 245 g/mol. The van der Waals surface area contributed by atoms with Crippen molar-refractivity contribution in [1.29, 1.82) is 0 Å². The van der Waals surface area contributed by atoms with Gasteiger partial charge in [0.05, 0.1) is 6.10 Å². The van der Waals surface area contributed by atoms with Crippen molar-refractivity contribution in [3.8, 4) is 5.75 Å². The number of alkyl halides is 1. The Bertz CT molecular complexity index is 263. The lowest BCUT2D eigenvalue weighted by atomic mass is 10.1.